The Labute approximate surface area is 132 Å². The number of benzene rings is 2. The van der Waals surface area contributed by atoms with Crippen LogP contribution >= 0.6 is 0 Å². The van der Waals surface area contributed by atoms with Crippen LogP contribution in [0.4, 0.5) is 15.8 Å². The predicted molar refractivity (Wildman–Crippen MR) is 83.9 cm³/mol. The number of carbonyl (C=O) groups is 2. The molecule has 118 valence electrons. The molecular formula is C17H15FN2O3. The third kappa shape index (κ3) is 3.15. The van der Waals surface area contributed by atoms with Gasteiger partial charge >= 0.3 is 0 Å². The number of rotatable bonds is 2. The zero-order valence-electron chi connectivity index (χ0n) is 12.5. The number of fused-ring (bicyclic) bond motifs is 1. The molecule has 0 aliphatic carbocycles. The van der Waals surface area contributed by atoms with Crippen molar-refractivity contribution in [2.75, 3.05) is 16.8 Å². The monoisotopic (exact) mass is 314 g/mol. The maximum atomic E-state index is 12.9. The largest absolute Gasteiger partial charge is 0.476 e. The van der Waals surface area contributed by atoms with Gasteiger partial charge in [-0.1, -0.05) is 12.1 Å². The maximum Gasteiger partial charge on any atom is 0.267 e. The first-order valence-electron chi connectivity index (χ1n) is 7.15. The Morgan fingerprint density at radius 2 is 1.87 bits per heavy atom. The molecule has 2 aromatic rings. The van der Waals surface area contributed by atoms with Gasteiger partial charge in [-0.2, -0.15) is 0 Å². The molecule has 3 rings (SSSR count). The number of hydrogen-bond donors (Lipinski definition) is 1. The minimum absolute atomic E-state index is 0.124. The Morgan fingerprint density at radius 1 is 1.17 bits per heavy atom. The average Bonchev–Trinajstić information content (AvgIpc) is 2.55. The van der Waals surface area contributed by atoms with Crippen LogP contribution in [-0.4, -0.2) is 24.5 Å². The summed E-state index contributed by atoms with van der Waals surface area (Å²) in [6.07, 6.45) is -0.834. The van der Waals surface area contributed by atoms with Gasteiger partial charge in [-0.05, 0) is 36.4 Å². The Hall–Kier alpha value is -2.89. The second-order valence-corrected chi connectivity index (χ2v) is 5.20. The van der Waals surface area contributed by atoms with Crippen LogP contribution in [0.5, 0.6) is 5.75 Å². The number of hydrogen-bond acceptors (Lipinski definition) is 3. The van der Waals surface area contributed by atoms with E-state index in [0.717, 1.165) is 0 Å². The molecule has 2 amide bonds. The van der Waals surface area contributed by atoms with E-state index >= 15 is 0 Å². The number of nitrogens with one attached hydrogen (secondary N) is 1. The van der Waals surface area contributed by atoms with Crippen LogP contribution in [0.15, 0.2) is 48.5 Å². The van der Waals surface area contributed by atoms with Gasteiger partial charge in [0.05, 0.1) is 12.2 Å². The highest BCUT2D eigenvalue weighted by Gasteiger charge is 2.32. The number of amides is 2. The molecule has 23 heavy (non-hydrogen) atoms. The Bertz CT molecular complexity index is 746. The maximum absolute atomic E-state index is 12.9. The van der Waals surface area contributed by atoms with Crippen molar-refractivity contribution >= 4 is 23.2 Å². The summed E-state index contributed by atoms with van der Waals surface area (Å²) < 4.78 is 18.6. The highest BCUT2D eigenvalue weighted by atomic mass is 19.1. The van der Waals surface area contributed by atoms with Crippen LogP contribution in [-0.2, 0) is 9.59 Å². The van der Waals surface area contributed by atoms with Gasteiger partial charge in [-0.15, -0.1) is 0 Å². The van der Waals surface area contributed by atoms with Crippen LogP contribution in [0.25, 0.3) is 0 Å². The number of carbonyl (C=O) groups excluding carboxylic acids is 2. The number of halogens is 1. The molecule has 1 atom stereocenters. The van der Waals surface area contributed by atoms with E-state index in [-0.39, 0.29) is 18.3 Å². The van der Waals surface area contributed by atoms with E-state index in [1.165, 1.54) is 36.1 Å². The summed E-state index contributed by atoms with van der Waals surface area (Å²) in [5.74, 6) is -0.459. The topological polar surface area (TPSA) is 58.6 Å². The zero-order valence-corrected chi connectivity index (χ0v) is 12.5. The first-order chi connectivity index (χ1) is 11.0. The van der Waals surface area contributed by atoms with E-state index in [1.54, 1.807) is 24.3 Å². The first-order valence-corrected chi connectivity index (χ1v) is 7.15. The van der Waals surface area contributed by atoms with Crippen molar-refractivity contribution in [3.05, 3.63) is 54.3 Å². The fourth-order valence-corrected chi connectivity index (χ4v) is 2.43. The molecule has 0 aromatic heterocycles. The Morgan fingerprint density at radius 3 is 2.57 bits per heavy atom. The van der Waals surface area contributed by atoms with Crippen LogP contribution in [0, 0.1) is 5.82 Å². The summed E-state index contributed by atoms with van der Waals surface area (Å²) in [6.45, 7) is 1.57. The van der Waals surface area contributed by atoms with Crippen molar-refractivity contribution in [1.29, 1.82) is 0 Å². The highest BCUT2D eigenvalue weighted by Crippen LogP contribution is 2.33. The predicted octanol–water partition coefficient (Wildman–Crippen LogP) is 2.58. The molecule has 1 aliphatic heterocycles. The summed E-state index contributed by atoms with van der Waals surface area (Å²) >= 11 is 0. The van der Waals surface area contributed by atoms with E-state index in [1.807, 2.05) is 0 Å². The Balaban J connectivity index is 1.79. The molecule has 1 heterocycles. The van der Waals surface area contributed by atoms with E-state index in [2.05, 4.69) is 5.32 Å². The van der Waals surface area contributed by atoms with E-state index < -0.39 is 12.0 Å². The van der Waals surface area contributed by atoms with Crippen molar-refractivity contribution in [1.82, 2.24) is 0 Å². The number of para-hydroxylation sites is 2. The Kier molecular flexibility index (Phi) is 3.97. The fraction of sp³-hybridized carbons (Fsp3) is 0.176. The molecule has 0 spiro atoms. The van der Waals surface area contributed by atoms with E-state index in [4.69, 9.17) is 4.74 Å². The summed E-state index contributed by atoms with van der Waals surface area (Å²) in [5, 5.41) is 2.66. The number of nitrogens with zero attached hydrogens (tertiary/aromatic N) is 1. The highest BCUT2D eigenvalue weighted by molar-refractivity contribution is 5.99. The summed E-state index contributed by atoms with van der Waals surface area (Å²) in [7, 11) is 0. The molecule has 2 aromatic carbocycles. The molecule has 6 heteroatoms. The van der Waals surface area contributed by atoms with E-state index in [9.17, 15) is 14.0 Å². The second-order valence-electron chi connectivity index (χ2n) is 5.20. The van der Waals surface area contributed by atoms with E-state index in [0.29, 0.717) is 17.1 Å². The lowest BCUT2D eigenvalue weighted by Gasteiger charge is -2.33. The first kappa shape index (κ1) is 15.0. The van der Waals surface area contributed by atoms with Gasteiger partial charge in [0.15, 0.2) is 6.10 Å². The van der Waals surface area contributed by atoms with Gasteiger partial charge in [0.2, 0.25) is 5.91 Å². The van der Waals surface area contributed by atoms with Crippen LogP contribution < -0.4 is 15.0 Å². The third-order valence-corrected chi connectivity index (χ3v) is 3.56. The molecular weight excluding hydrogens is 299 g/mol. The standard InChI is InChI=1S/C17H15FN2O3/c1-11(21)20-10-16(23-15-5-3-2-4-14(15)20)17(22)19-13-8-6-12(18)7-9-13/h2-9,16H,10H2,1H3,(H,19,22). The van der Waals surface area contributed by atoms with Gasteiger partial charge in [-0.25, -0.2) is 4.39 Å². The van der Waals surface area contributed by atoms with Gasteiger partial charge in [-0.3, -0.25) is 9.59 Å². The van der Waals surface area contributed by atoms with Crippen LogP contribution in [0.1, 0.15) is 6.92 Å². The molecule has 1 aliphatic rings. The van der Waals surface area contributed by atoms with Crippen molar-refractivity contribution in [2.45, 2.75) is 13.0 Å². The lowest BCUT2D eigenvalue weighted by atomic mass is 10.1. The van der Waals surface area contributed by atoms with Crippen LogP contribution in [0.2, 0.25) is 0 Å². The summed E-state index contributed by atoms with van der Waals surface area (Å²) in [6, 6.07) is 12.5. The third-order valence-electron chi connectivity index (χ3n) is 3.56. The number of ether oxygens (including phenoxy) is 1. The molecule has 0 bridgehead atoms. The molecule has 0 saturated carbocycles. The molecule has 0 fully saturated rings. The lowest BCUT2D eigenvalue weighted by Crippen LogP contribution is -2.48. The quantitative estimate of drug-likeness (QED) is 0.927. The van der Waals surface area contributed by atoms with Crippen molar-refractivity contribution in [2.24, 2.45) is 0 Å². The average molecular weight is 314 g/mol. The minimum Gasteiger partial charge on any atom is -0.476 e. The molecule has 1 N–H and O–H groups in total. The minimum atomic E-state index is -0.834. The lowest BCUT2D eigenvalue weighted by molar-refractivity contribution is -0.123. The van der Waals surface area contributed by atoms with Crippen molar-refractivity contribution in [3.63, 3.8) is 0 Å². The molecule has 1 unspecified atom stereocenters. The summed E-state index contributed by atoms with van der Waals surface area (Å²) in [4.78, 5) is 25.7. The molecule has 5 nitrogen and oxygen atoms in total. The molecule has 0 saturated heterocycles. The van der Waals surface area contributed by atoms with Gasteiger partial charge in [0.25, 0.3) is 5.91 Å². The zero-order chi connectivity index (χ0) is 16.4. The SMILES string of the molecule is CC(=O)N1CC(C(=O)Nc2ccc(F)cc2)Oc2ccccc21. The normalized spacial score (nSPS) is 16.3. The number of anilines is 2. The van der Waals surface area contributed by atoms with Crippen LogP contribution in [0.3, 0.4) is 0 Å². The second kappa shape index (κ2) is 6.08. The fourth-order valence-electron chi connectivity index (χ4n) is 2.43. The van der Waals surface area contributed by atoms with Gasteiger partial charge < -0.3 is 15.0 Å². The van der Waals surface area contributed by atoms with Crippen molar-refractivity contribution in [3.8, 4) is 5.75 Å². The molecule has 0 radical (unpaired) electrons. The summed E-state index contributed by atoms with van der Waals surface area (Å²) in [5.41, 5.74) is 1.11. The van der Waals surface area contributed by atoms with Gasteiger partial charge in [0, 0.05) is 12.6 Å². The van der Waals surface area contributed by atoms with Gasteiger partial charge in [0.1, 0.15) is 11.6 Å². The van der Waals surface area contributed by atoms with Crippen molar-refractivity contribution < 1.29 is 18.7 Å². The smallest absolute Gasteiger partial charge is 0.267 e.